The Labute approximate surface area is 154 Å². The summed E-state index contributed by atoms with van der Waals surface area (Å²) in [6, 6.07) is 6.21. The molecule has 1 N–H and O–H groups in total. The number of aryl methyl sites for hydroxylation is 1. The Kier molecular flexibility index (Phi) is 5.15. The Morgan fingerprint density at radius 2 is 2.12 bits per heavy atom. The first-order valence-electron chi connectivity index (χ1n) is 7.63. The first-order valence-corrected chi connectivity index (χ1v) is 10.3. The summed E-state index contributed by atoms with van der Waals surface area (Å²) in [5.41, 5.74) is 1.04. The van der Waals surface area contributed by atoms with Crippen LogP contribution >= 0.6 is 22.9 Å². The van der Waals surface area contributed by atoms with E-state index >= 15 is 0 Å². The normalized spacial score (nSPS) is 18.4. The van der Waals surface area contributed by atoms with E-state index in [2.05, 4.69) is 5.32 Å². The zero-order valence-corrected chi connectivity index (χ0v) is 15.7. The zero-order chi connectivity index (χ0) is 18.2. The van der Waals surface area contributed by atoms with Crippen LogP contribution in [0, 0.1) is 12.7 Å². The number of hydrogen-bond donors (Lipinski definition) is 1. The first-order chi connectivity index (χ1) is 11.8. The monoisotopic (exact) mass is 402 g/mol. The fourth-order valence-electron chi connectivity index (χ4n) is 2.79. The smallest absolute Gasteiger partial charge is 0.253 e. The number of carbonyl (C=O) groups excluding carboxylic acids is 1. The SMILES string of the molecule is Cc1ccc(F)cc1NC(=O)C1CCCN1S(=O)(=O)c1ccc(Cl)s1. The maximum Gasteiger partial charge on any atom is 0.253 e. The number of nitrogens with zero attached hydrogens (tertiary/aromatic N) is 1. The molecule has 1 saturated heterocycles. The van der Waals surface area contributed by atoms with E-state index in [1.54, 1.807) is 13.0 Å². The van der Waals surface area contributed by atoms with Crippen LogP contribution in [0.25, 0.3) is 0 Å². The van der Waals surface area contributed by atoms with Gasteiger partial charge in [-0.05, 0) is 49.6 Å². The molecule has 1 fully saturated rings. The van der Waals surface area contributed by atoms with Gasteiger partial charge in [0, 0.05) is 12.2 Å². The minimum atomic E-state index is -3.79. The lowest BCUT2D eigenvalue weighted by Crippen LogP contribution is -2.42. The molecule has 0 spiro atoms. The number of thiophene rings is 1. The Balaban J connectivity index is 1.84. The zero-order valence-electron chi connectivity index (χ0n) is 13.3. The highest BCUT2D eigenvalue weighted by molar-refractivity contribution is 7.91. The molecule has 1 aliphatic rings. The summed E-state index contributed by atoms with van der Waals surface area (Å²) in [7, 11) is -3.79. The number of amides is 1. The summed E-state index contributed by atoms with van der Waals surface area (Å²) >= 11 is 6.79. The van der Waals surface area contributed by atoms with Gasteiger partial charge in [0.2, 0.25) is 5.91 Å². The van der Waals surface area contributed by atoms with E-state index in [9.17, 15) is 17.6 Å². The van der Waals surface area contributed by atoms with Gasteiger partial charge in [0.1, 0.15) is 16.1 Å². The van der Waals surface area contributed by atoms with Gasteiger partial charge in [-0.25, -0.2) is 12.8 Å². The largest absolute Gasteiger partial charge is 0.324 e. The van der Waals surface area contributed by atoms with E-state index in [0.717, 1.165) is 11.3 Å². The quantitative estimate of drug-likeness (QED) is 0.848. The number of halogens is 2. The summed E-state index contributed by atoms with van der Waals surface area (Å²) in [5.74, 6) is -0.928. The third kappa shape index (κ3) is 3.72. The van der Waals surface area contributed by atoms with Gasteiger partial charge in [0.05, 0.1) is 4.34 Å². The van der Waals surface area contributed by atoms with Crippen molar-refractivity contribution in [2.45, 2.75) is 30.0 Å². The fraction of sp³-hybridized carbons (Fsp3) is 0.312. The summed E-state index contributed by atoms with van der Waals surface area (Å²) in [6.45, 7) is 2.00. The molecular weight excluding hydrogens is 387 g/mol. The summed E-state index contributed by atoms with van der Waals surface area (Å²) < 4.78 is 40.6. The minimum absolute atomic E-state index is 0.110. The molecule has 1 aromatic heterocycles. The van der Waals surface area contributed by atoms with Gasteiger partial charge < -0.3 is 5.32 Å². The Morgan fingerprint density at radius 3 is 2.80 bits per heavy atom. The van der Waals surface area contributed by atoms with Crippen molar-refractivity contribution >= 4 is 44.6 Å². The summed E-state index contributed by atoms with van der Waals surface area (Å²) in [5, 5.41) is 2.64. The van der Waals surface area contributed by atoms with E-state index in [-0.39, 0.29) is 10.8 Å². The van der Waals surface area contributed by atoms with Gasteiger partial charge in [0.25, 0.3) is 10.0 Å². The number of carbonyl (C=O) groups is 1. The molecule has 1 aliphatic heterocycles. The van der Waals surface area contributed by atoms with E-state index in [4.69, 9.17) is 11.6 Å². The lowest BCUT2D eigenvalue weighted by Gasteiger charge is -2.23. The van der Waals surface area contributed by atoms with Crippen LogP contribution in [0.4, 0.5) is 10.1 Å². The van der Waals surface area contributed by atoms with Crippen molar-refractivity contribution in [3.63, 3.8) is 0 Å². The number of anilines is 1. The molecular formula is C16H16ClFN2O3S2. The number of sulfonamides is 1. The molecule has 2 aromatic rings. The van der Waals surface area contributed by atoms with Gasteiger partial charge in [-0.3, -0.25) is 4.79 Å². The topological polar surface area (TPSA) is 66.5 Å². The van der Waals surface area contributed by atoms with Gasteiger partial charge in [-0.1, -0.05) is 17.7 Å². The standard InChI is InChI=1S/C16H16ClFN2O3S2/c1-10-4-5-11(18)9-12(10)19-16(21)13-3-2-8-20(13)25(22,23)15-7-6-14(17)24-15/h4-7,9,13H,2-3,8H2,1H3,(H,19,21). The van der Waals surface area contributed by atoms with Crippen molar-refractivity contribution in [3.05, 3.63) is 46.0 Å². The van der Waals surface area contributed by atoms with Crippen LogP contribution in [0.3, 0.4) is 0 Å². The van der Waals surface area contributed by atoms with Crippen LogP contribution < -0.4 is 5.32 Å². The molecule has 1 unspecified atom stereocenters. The Hall–Kier alpha value is -1.48. The molecule has 5 nitrogen and oxygen atoms in total. The fourth-order valence-corrected chi connectivity index (χ4v) is 6.06. The molecule has 0 aliphatic carbocycles. The number of nitrogens with one attached hydrogen (secondary N) is 1. The lowest BCUT2D eigenvalue weighted by molar-refractivity contribution is -0.119. The van der Waals surface area contributed by atoms with Crippen molar-refractivity contribution in [1.82, 2.24) is 4.31 Å². The second-order valence-electron chi connectivity index (χ2n) is 5.78. The second-order valence-corrected chi connectivity index (χ2v) is 9.61. The van der Waals surface area contributed by atoms with Gasteiger partial charge in [0.15, 0.2) is 0 Å². The molecule has 1 aromatic carbocycles. The molecule has 0 radical (unpaired) electrons. The van der Waals surface area contributed by atoms with Crippen LogP contribution in [-0.4, -0.2) is 31.2 Å². The van der Waals surface area contributed by atoms with E-state index in [1.807, 2.05) is 0 Å². The average Bonchev–Trinajstić information content (AvgIpc) is 3.20. The third-order valence-electron chi connectivity index (χ3n) is 4.08. The number of rotatable bonds is 4. The summed E-state index contributed by atoms with van der Waals surface area (Å²) in [6.07, 6.45) is 0.997. The van der Waals surface area contributed by atoms with Crippen LogP contribution in [-0.2, 0) is 14.8 Å². The summed E-state index contributed by atoms with van der Waals surface area (Å²) in [4.78, 5) is 12.6. The maximum absolute atomic E-state index is 13.4. The van der Waals surface area contributed by atoms with Crippen LogP contribution in [0.5, 0.6) is 0 Å². The van der Waals surface area contributed by atoms with E-state index in [1.165, 1.54) is 28.6 Å². The van der Waals surface area contributed by atoms with Gasteiger partial charge in [-0.15, -0.1) is 11.3 Å². The van der Waals surface area contributed by atoms with E-state index in [0.29, 0.717) is 28.4 Å². The Bertz CT molecular complexity index is 914. The predicted octanol–water partition coefficient (Wildman–Crippen LogP) is 3.64. The second kappa shape index (κ2) is 7.03. The van der Waals surface area contributed by atoms with Crippen molar-refractivity contribution in [3.8, 4) is 0 Å². The highest BCUT2D eigenvalue weighted by Crippen LogP contribution is 2.32. The minimum Gasteiger partial charge on any atom is -0.324 e. The van der Waals surface area contributed by atoms with Crippen molar-refractivity contribution < 1.29 is 17.6 Å². The average molecular weight is 403 g/mol. The van der Waals surface area contributed by atoms with Gasteiger partial charge in [-0.2, -0.15) is 4.31 Å². The number of benzene rings is 1. The predicted molar refractivity (Wildman–Crippen MR) is 96.0 cm³/mol. The molecule has 2 heterocycles. The first kappa shape index (κ1) is 18.3. The van der Waals surface area contributed by atoms with E-state index < -0.39 is 27.8 Å². The maximum atomic E-state index is 13.4. The number of hydrogen-bond acceptors (Lipinski definition) is 4. The molecule has 3 rings (SSSR count). The third-order valence-corrected chi connectivity index (χ3v) is 7.68. The molecule has 134 valence electrons. The van der Waals surface area contributed by atoms with Gasteiger partial charge >= 0.3 is 0 Å². The van der Waals surface area contributed by atoms with Crippen molar-refractivity contribution in [2.75, 3.05) is 11.9 Å². The van der Waals surface area contributed by atoms with Crippen LogP contribution in [0.15, 0.2) is 34.5 Å². The van der Waals surface area contributed by atoms with Crippen LogP contribution in [0.2, 0.25) is 4.34 Å². The lowest BCUT2D eigenvalue weighted by atomic mass is 10.1. The molecule has 1 amide bonds. The highest BCUT2D eigenvalue weighted by atomic mass is 35.5. The highest BCUT2D eigenvalue weighted by Gasteiger charge is 2.40. The van der Waals surface area contributed by atoms with Crippen molar-refractivity contribution in [1.29, 1.82) is 0 Å². The van der Waals surface area contributed by atoms with Crippen LogP contribution in [0.1, 0.15) is 18.4 Å². The molecule has 9 heteroatoms. The van der Waals surface area contributed by atoms with Crippen molar-refractivity contribution in [2.24, 2.45) is 0 Å². The molecule has 0 bridgehead atoms. The molecule has 25 heavy (non-hydrogen) atoms. The molecule has 0 saturated carbocycles. The Morgan fingerprint density at radius 1 is 1.36 bits per heavy atom. The molecule has 1 atom stereocenters.